The van der Waals surface area contributed by atoms with Crippen molar-refractivity contribution in [2.45, 2.75) is 40.0 Å². The molecule has 0 unspecified atom stereocenters. The van der Waals surface area contributed by atoms with Crippen LogP contribution in [0.25, 0.3) is 0 Å². The molecule has 0 saturated heterocycles. The van der Waals surface area contributed by atoms with E-state index >= 15 is 0 Å². The van der Waals surface area contributed by atoms with Gasteiger partial charge in [0, 0.05) is 5.70 Å². The molecule has 11 heavy (non-hydrogen) atoms. The second-order valence-electron chi connectivity index (χ2n) is 2.97. The fourth-order valence-electron chi connectivity index (χ4n) is 1.52. The SMILES string of the molecule is CCC1=NC(CC)=C(CC)B1. The van der Waals surface area contributed by atoms with E-state index in [4.69, 9.17) is 0 Å². The molecule has 0 spiro atoms. The molecule has 1 rings (SSSR count). The van der Waals surface area contributed by atoms with Gasteiger partial charge in [0.25, 0.3) is 0 Å². The van der Waals surface area contributed by atoms with Crippen LogP contribution < -0.4 is 0 Å². The first-order valence-electron chi connectivity index (χ1n) is 4.59. The average Bonchev–Trinajstić information content (AvgIpc) is 2.46. The lowest BCUT2D eigenvalue weighted by Crippen LogP contribution is -2.05. The molecule has 60 valence electrons. The van der Waals surface area contributed by atoms with E-state index in [0.29, 0.717) is 0 Å². The minimum Gasteiger partial charge on any atom is -0.273 e. The van der Waals surface area contributed by atoms with E-state index < -0.39 is 0 Å². The second-order valence-corrected chi connectivity index (χ2v) is 2.97. The maximum Gasteiger partial charge on any atom is 0.208 e. The predicted octanol–water partition coefficient (Wildman–Crippen LogP) is 2.28. The number of hydrogen-bond acceptors (Lipinski definition) is 1. The summed E-state index contributed by atoms with van der Waals surface area (Å²) >= 11 is 0. The van der Waals surface area contributed by atoms with Crippen molar-refractivity contribution in [2.75, 3.05) is 0 Å². The van der Waals surface area contributed by atoms with E-state index in [1.807, 2.05) is 0 Å². The lowest BCUT2D eigenvalue weighted by molar-refractivity contribution is 1.02. The average molecular weight is 149 g/mol. The largest absolute Gasteiger partial charge is 0.273 e. The van der Waals surface area contributed by atoms with E-state index in [2.05, 4.69) is 25.8 Å². The highest BCUT2D eigenvalue weighted by atomic mass is 14.8. The number of hydrogen-bond donors (Lipinski definition) is 0. The van der Waals surface area contributed by atoms with Crippen molar-refractivity contribution < 1.29 is 0 Å². The van der Waals surface area contributed by atoms with E-state index in [1.54, 1.807) is 5.47 Å². The van der Waals surface area contributed by atoms with Crippen LogP contribution in [-0.4, -0.2) is 12.9 Å². The Labute approximate surface area is 69.8 Å². The first kappa shape index (κ1) is 8.57. The van der Waals surface area contributed by atoms with Crippen molar-refractivity contribution in [1.29, 1.82) is 0 Å². The Balaban J connectivity index is 2.69. The molecule has 0 saturated carbocycles. The molecule has 0 aromatic rings. The third-order valence-electron chi connectivity index (χ3n) is 2.29. The van der Waals surface area contributed by atoms with Gasteiger partial charge in [0.05, 0.1) is 0 Å². The van der Waals surface area contributed by atoms with Crippen molar-refractivity contribution in [3.05, 3.63) is 11.2 Å². The zero-order chi connectivity index (χ0) is 8.27. The van der Waals surface area contributed by atoms with Crippen LogP contribution in [0.15, 0.2) is 16.2 Å². The van der Waals surface area contributed by atoms with E-state index in [0.717, 1.165) is 20.1 Å². The highest BCUT2D eigenvalue weighted by Crippen LogP contribution is 2.19. The summed E-state index contributed by atoms with van der Waals surface area (Å²) < 4.78 is 0. The Morgan fingerprint density at radius 3 is 2.18 bits per heavy atom. The number of rotatable bonds is 3. The van der Waals surface area contributed by atoms with Gasteiger partial charge in [-0.3, -0.25) is 4.99 Å². The molecule has 0 aromatic heterocycles. The molecular formula is C9H16BN. The highest BCUT2D eigenvalue weighted by molar-refractivity contribution is 6.82. The molecule has 1 aliphatic heterocycles. The Morgan fingerprint density at radius 2 is 1.82 bits per heavy atom. The summed E-state index contributed by atoms with van der Waals surface area (Å²) in [4.78, 5) is 4.57. The molecular weight excluding hydrogens is 133 g/mol. The minimum absolute atomic E-state index is 1.10. The van der Waals surface area contributed by atoms with Crippen molar-refractivity contribution in [3.8, 4) is 0 Å². The molecule has 0 aliphatic carbocycles. The monoisotopic (exact) mass is 149 g/mol. The third kappa shape index (κ3) is 1.73. The van der Waals surface area contributed by atoms with Gasteiger partial charge in [-0.1, -0.05) is 26.2 Å². The van der Waals surface area contributed by atoms with E-state index in [9.17, 15) is 0 Å². The van der Waals surface area contributed by atoms with Crippen molar-refractivity contribution in [2.24, 2.45) is 4.99 Å². The van der Waals surface area contributed by atoms with Gasteiger partial charge in [-0.25, -0.2) is 0 Å². The van der Waals surface area contributed by atoms with Gasteiger partial charge in [-0.2, -0.15) is 0 Å². The van der Waals surface area contributed by atoms with Crippen molar-refractivity contribution in [1.82, 2.24) is 0 Å². The first-order chi connectivity index (χ1) is 5.31. The van der Waals surface area contributed by atoms with Gasteiger partial charge in [-0.15, -0.1) is 0 Å². The number of nitrogens with zero attached hydrogens (tertiary/aromatic N) is 1. The fraction of sp³-hybridized carbons (Fsp3) is 0.667. The van der Waals surface area contributed by atoms with Crippen LogP contribution in [0.1, 0.15) is 40.0 Å². The maximum atomic E-state index is 4.57. The van der Waals surface area contributed by atoms with Gasteiger partial charge in [0.15, 0.2) is 0 Å². The third-order valence-corrected chi connectivity index (χ3v) is 2.29. The van der Waals surface area contributed by atoms with Crippen LogP contribution in [-0.2, 0) is 0 Å². The smallest absolute Gasteiger partial charge is 0.208 e. The summed E-state index contributed by atoms with van der Waals surface area (Å²) in [5, 5.41) is 0. The summed E-state index contributed by atoms with van der Waals surface area (Å²) in [6, 6.07) is 0. The van der Waals surface area contributed by atoms with Crippen LogP contribution in [0.3, 0.4) is 0 Å². The topological polar surface area (TPSA) is 12.4 Å². The molecule has 1 heterocycles. The first-order valence-corrected chi connectivity index (χ1v) is 4.59. The zero-order valence-electron chi connectivity index (χ0n) is 7.78. The molecule has 0 radical (unpaired) electrons. The summed E-state index contributed by atoms with van der Waals surface area (Å²) in [5.41, 5.74) is 4.28. The fourth-order valence-corrected chi connectivity index (χ4v) is 1.52. The van der Waals surface area contributed by atoms with Crippen LogP contribution in [0, 0.1) is 0 Å². The Morgan fingerprint density at radius 1 is 1.09 bits per heavy atom. The van der Waals surface area contributed by atoms with Crippen LogP contribution in [0.5, 0.6) is 0 Å². The summed E-state index contributed by atoms with van der Waals surface area (Å²) in [5.74, 6) is 0. The van der Waals surface area contributed by atoms with Gasteiger partial charge < -0.3 is 0 Å². The molecule has 0 bridgehead atoms. The molecule has 0 N–H and O–H groups in total. The predicted molar refractivity (Wildman–Crippen MR) is 52.5 cm³/mol. The maximum absolute atomic E-state index is 4.57. The van der Waals surface area contributed by atoms with E-state index in [-0.39, 0.29) is 0 Å². The van der Waals surface area contributed by atoms with Crippen molar-refractivity contribution >= 4 is 12.9 Å². The quantitative estimate of drug-likeness (QED) is 0.546. The molecule has 0 fully saturated rings. The Hall–Kier alpha value is -0.525. The minimum atomic E-state index is 1.10. The molecule has 1 nitrogen and oxygen atoms in total. The lowest BCUT2D eigenvalue weighted by atomic mass is 9.64. The van der Waals surface area contributed by atoms with Crippen LogP contribution in [0.2, 0.25) is 0 Å². The summed E-state index contributed by atoms with van der Waals surface area (Å²) in [6.45, 7) is 6.59. The zero-order valence-corrected chi connectivity index (χ0v) is 7.78. The molecule has 1 aliphatic rings. The van der Waals surface area contributed by atoms with Gasteiger partial charge in [-0.05, 0) is 24.9 Å². The molecule has 0 atom stereocenters. The summed E-state index contributed by atoms with van der Waals surface area (Å²) in [7, 11) is 1.15. The summed E-state index contributed by atoms with van der Waals surface area (Å²) in [6.07, 6.45) is 3.40. The van der Waals surface area contributed by atoms with E-state index in [1.165, 1.54) is 17.7 Å². The standard InChI is InChI=1S/C9H16BN/c1-4-7-8(5-2)11-9(6-3)10-7/h10H,4-6H2,1-3H3. The lowest BCUT2D eigenvalue weighted by Gasteiger charge is -1.97. The Bertz CT molecular complexity index is 204. The van der Waals surface area contributed by atoms with Crippen LogP contribution in [0.4, 0.5) is 0 Å². The van der Waals surface area contributed by atoms with Crippen molar-refractivity contribution in [3.63, 3.8) is 0 Å². The van der Waals surface area contributed by atoms with Gasteiger partial charge >= 0.3 is 0 Å². The van der Waals surface area contributed by atoms with Gasteiger partial charge in [0.2, 0.25) is 7.28 Å². The molecule has 0 aromatic carbocycles. The number of allylic oxidation sites excluding steroid dienone is 2. The van der Waals surface area contributed by atoms with Gasteiger partial charge in [0.1, 0.15) is 0 Å². The number of aliphatic imine (C=N–C) groups is 1. The second kappa shape index (κ2) is 3.75. The van der Waals surface area contributed by atoms with Crippen LogP contribution >= 0.6 is 0 Å². The highest BCUT2D eigenvalue weighted by Gasteiger charge is 2.14. The normalized spacial score (nSPS) is 16.8. The molecule has 2 heteroatoms. The Kier molecular flexibility index (Phi) is 2.92. The molecule has 0 amide bonds.